The molecule has 2 aliphatic rings. The normalized spacial score (nSPS) is 25.6. The van der Waals surface area contributed by atoms with Crippen molar-refractivity contribution in [3.8, 4) is 0 Å². The van der Waals surface area contributed by atoms with Crippen LogP contribution in [0.15, 0.2) is 30.3 Å². The number of hydrogen-bond donors (Lipinski definition) is 0. The highest BCUT2D eigenvalue weighted by atomic mass is 16.5. The molecule has 1 aromatic rings. The fourth-order valence-electron chi connectivity index (χ4n) is 3.74. The van der Waals surface area contributed by atoms with Crippen LogP contribution in [0, 0.1) is 5.92 Å². The Labute approximate surface area is 143 Å². The number of ether oxygens (including phenoxy) is 1. The number of hydrogen-bond acceptors (Lipinski definition) is 3. The number of nitrogens with zero attached hydrogens (tertiary/aromatic N) is 2. The van der Waals surface area contributed by atoms with Crippen LogP contribution in [0.2, 0.25) is 0 Å². The van der Waals surface area contributed by atoms with Crippen LogP contribution in [0.25, 0.3) is 0 Å². The molecular weight excluding hydrogens is 304 g/mol. The third-order valence-corrected chi connectivity index (χ3v) is 5.07. The van der Waals surface area contributed by atoms with E-state index >= 15 is 0 Å². The molecule has 24 heavy (non-hydrogen) atoms. The van der Waals surface area contributed by atoms with Gasteiger partial charge in [-0.3, -0.25) is 9.59 Å². The van der Waals surface area contributed by atoms with Crippen molar-refractivity contribution in [2.75, 3.05) is 26.3 Å². The minimum Gasteiger partial charge on any atom is -0.377 e. The van der Waals surface area contributed by atoms with Crippen molar-refractivity contribution in [2.24, 2.45) is 5.92 Å². The Kier molecular flexibility index (Phi) is 5.19. The molecule has 0 spiro atoms. The Morgan fingerprint density at radius 1 is 1.00 bits per heavy atom. The van der Waals surface area contributed by atoms with E-state index < -0.39 is 0 Å². The van der Waals surface area contributed by atoms with Gasteiger partial charge in [0.05, 0.1) is 25.3 Å². The predicted molar refractivity (Wildman–Crippen MR) is 91.7 cm³/mol. The molecule has 2 amide bonds. The standard InChI is InChI=1S/C19H26N2O3/c1-14-12-24-13-15(2)21(14)19(23)17-8-10-20(11-9-17)18(22)16-6-4-3-5-7-16/h3-7,14-15,17H,8-13H2,1-2H3. The first-order valence-corrected chi connectivity index (χ1v) is 8.82. The second kappa shape index (κ2) is 7.34. The molecule has 2 saturated heterocycles. The number of amides is 2. The molecule has 0 aromatic heterocycles. The van der Waals surface area contributed by atoms with Crippen molar-refractivity contribution < 1.29 is 14.3 Å². The Morgan fingerprint density at radius 2 is 1.58 bits per heavy atom. The van der Waals surface area contributed by atoms with Gasteiger partial charge in [0.2, 0.25) is 5.91 Å². The molecule has 1 aromatic carbocycles. The largest absolute Gasteiger partial charge is 0.377 e. The van der Waals surface area contributed by atoms with Crippen LogP contribution in [0.4, 0.5) is 0 Å². The molecule has 0 radical (unpaired) electrons. The van der Waals surface area contributed by atoms with E-state index in [0.717, 1.165) is 18.4 Å². The molecule has 0 aliphatic carbocycles. The SMILES string of the molecule is CC1COCC(C)N1C(=O)C1CCN(C(=O)c2ccccc2)CC1. The van der Waals surface area contributed by atoms with E-state index in [-0.39, 0.29) is 29.8 Å². The zero-order chi connectivity index (χ0) is 17.1. The van der Waals surface area contributed by atoms with Gasteiger partial charge in [0.15, 0.2) is 0 Å². The van der Waals surface area contributed by atoms with Gasteiger partial charge in [0.1, 0.15) is 0 Å². The maximum Gasteiger partial charge on any atom is 0.253 e. The molecule has 3 rings (SSSR count). The smallest absolute Gasteiger partial charge is 0.253 e. The van der Waals surface area contributed by atoms with E-state index in [4.69, 9.17) is 4.74 Å². The molecule has 0 saturated carbocycles. The molecule has 0 N–H and O–H groups in total. The van der Waals surface area contributed by atoms with Gasteiger partial charge in [-0.1, -0.05) is 18.2 Å². The van der Waals surface area contributed by atoms with Crippen LogP contribution in [-0.4, -0.2) is 60.0 Å². The van der Waals surface area contributed by atoms with E-state index in [0.29, 0.717) is 26.3 Å². The van der Waals surface area contributed by atoms with Crippen molar-refractivity contribution >= 4 is 11.8 Å². The van der Waals surface area contributed by atoms with Gasteiger partial charge in [-0.25, -0.2) is 0 Å². The van der Waals surface area contributed by atoms with Crippen LogP contribution < -0.4 is 0 Å². The number of rotatable bonds is 2. The highest BCUT2D eigenvalue weighted by Crippen LogP contribution is 2.24. The molecule has 5 heteroatoms. The Balaban J connectivity index is 1.58. The minimum atomic E-state index is 0.0211. The average molecular weight is 330 g/mol. The molecular formula is C19H26N2O3. The molecule has 0 bridgehead atoms. The summed E-state index contributed by atoms with van der Waals surface area (Å²) >= 11 is 0. The third kappa shape index (κ3) is 3.46. The Bertz CT molecular complexity index is 572. The zero-order valence-corrected chi connectivity index (χ0v) is 14.5. The van der Waals surface area contributed by atoms with Gasteiger partial charge in [0, 0.05) is 24.6 Å². The van der Waals surface area contributed by atoms with Gasteiger partial charge < -0.3 is 14.5 Å². The van der Waals surface area contributed by atoms with Crippen LogP contribution in [0.5, 0.6) is 0 Å². The zero-order valence-electron chi connectivity index (χ0n) is 14.5. The van der Waals surface area contributed by atoms with E-state index in [1.165, 1.54) is 0 Å². The van der Waals surface area contributed by atoms with Crippen LogP contribution in [0.1, 0.15) is 37.0 Å². The van der Waals surface area contributed by atoms with Crippen LogP contribution in [-0.2, 0) is 9.53 Å². The van der Waals surface area contributed by atoms with Crippen molar-refractivity contribution in [1.82, 2.24) is 9.80 Å². The number of morpholine rings is 1. The molecule has 2 aliphatic heterocycles. The van der Waals surface area contributed by atoms with Gasteiger partial charge in [-0.2, -0.15) is 0 Å². The van der Waals surface area contributed by atoms with Gasteiger partial charge in [-0.05, 0) is 38.8 Å². The highest BCUT2D eigenvalue weighted by Gasteiger charge is 2.36. The Morgan fingerprint density at radius 3 is 2.17 bits per heavy atom. The molecule has 5 nitrogen and oxygen atoms in total. The average Bonchev–Trinajstić information content (AvgIpc) is 2.62. The summed E-state index contributed by atoms with van der Waals surface area (Å²) in [5, 5.41) is 0. The molecule has 2 fully saturated rings. The predicted octanol–water partition coefficient (Wildman–Crippen LogP) is 2.17. The lowest BCUT2D eigenvalue weighted by atomic mass is 9.93. The first-order valence-electron chi connectivity index (χ1n) is 8.82. The van der Waals surface area contributed by atoms with E-state index in [1.54, 1.807) is 0 Å². The molecule has 2 atom stereocenters. The summed E-state index contributed by atoms with van der Waals surface area (Å²) < 4.78 is 5.51. The lowest BCUT2D eigenvalue weighted by molar-refractivity contribution is -0.150. The monoisotopic (exact) mass is 330 g/mol. The van der Waals surface area contributed by atoms with Gasteiger partial charge in [0.25, 0.3) is 5.91 Å². The molecule has 130 valence electrons. The topological polar surface area (TPSA) is 49.9 Å². The summed E-state index contributed by atoms with van der Waals surface area (Å²) in [4.78, 5) is 29.2. The maximum atomic E-state index is 12.9. The third-order valence-electron chi connectivity index (χ3n) is 5.07. The van der Waals surface area contributed by atoms with E-state index in [1.807, 2.05) is 54.0 Å². The lowest BCUT2D eigenvalue weighted by Gasteiger charge is -2.42. The lowest BCUT2D eigenvalue weighted by Crippen LogP contribution is -2.55. The maximum absolute atomic E-state index is 12.9. The second-order valence-electron chi connectivity index (χ2n) is 6.91. The number of likely N-dealkylation sites (tertiary alicyclic amines) is 1. The van der Waals surface area contributed by atoms with Crippen LogP contribution in [0.3, 0.4) is 0 Å². The number of piperidine rings is 1. The fraction of sp³-hybridized carbons (Fsp3) is 0.579. The first kappa shape index (κ1) is 17.0. The number of carbonyl (C=O) groups is 2. The van der Waals surface area contributed by atoms with Crippen molar-refractivity contribution in [2.45, 2.75) is 38.8 Å². The van der Waals surface area contributed by atoms with Crippen molar-refractivity contribution in [3.05, 3.63) is 35.9 Å². The van der Waals surface area contributed by atoms with E-state index in [9.17, 15) is 9.59 Å². The summed E-state index contributed by atoms with van der Waals surface area (Å²) in [7, 11) is 0. The summed E-state index contributed by atoms with van der Waals surface area (Å²) in [5.41, 5.74) is 0.720. The molecule has 2 heterocycles. The summed E-state index contributed by atoms with van der Waals surface area (Å²) in [6.07, 6.45) is 1.49. The van der Waals surface area contributed by atoms with Gasteiger partial charge >= 0.3 is 0 Å². The van der Waals surface area contributed by atoms with Crippen molar-refractivity contribution in [3.63, 3.8) is 0 Å². The summed E-state index contributed by atoms with van der Waals surface area (Å²) in [6.45, 7) is 6.61. The summed E-state index contributed by atoms with van der Waals surface area (Å²) in [5.74, 6) is 0.313. The summed E-state index contributed by atoms with van der Waals surface area (Å²) in [6, 6.07) is 9.62. The first-order chi connectivity index (χ1) is 11.6. The van der Waals surface area contributed by atoms with E-state index in [2.05, 4.69) is 0 Å². The quantitative estimate of drug-likeness (QED) is 0.835. The van der Waals surface area contributed by atoms with Crippen molar-refractivity contribution in [1.29, 1.82) is 0 Å². The van der Waals surface area contributed by atoms with Gasteiger partial charge in [-0.15, -0.1) is 0 Å². The number of benzene rings is 1. The Hall–Kier alpha value is -1.88. The molecule has 2 unspecified atom stereocenters. The second-order valence-corrected chi connectivity index (χ2v) is 6.91. The van der Waals surface area contributed by atoms with Crippen LogP contribution >= 0.6 is 0 Å². The highest BCUT2D eigenvalue weighted by molar-refractivity contribution is 5.94. The number of carbonyl (C=O) groups excluding carboxylic acids is 2. The fourth-order valence-corrected chi connectivity index (χ4v) is 3.74. The minimum absolute atomic E-state index is 0.0211.